The van der Waals surface area contributed by atoms with Crippen molar-refractivity contribution in [3.63, 3.8) is 0 Å². The first-order valence-electron chi connectivity index (χ1n) is 10.1. The van der Waals surface area contributed by atoms with E-state index in [0.717, 1.165) is 10.4 Å². The van der Waals surface area contributed by atoms with Crippen molar-refractivity contribution in [1.29, 1.82) is 0 Å². The fraction of sp³-hybridized carbons (Fsp3) is 0.217. The van der Waals surface area contributed by atoms with Crippen molar-refractivity contribution in [3.8, 4) is 16.3 Å². The molecule has 8 nitrogen and oxygen atoms in total. The standard InChI is InChI=1S/C23H23N5O3S/c1-4-28-22-16(12-25-28)15(11-18(27-22)20-6-5-9-32-20)23(30)24-13-21(29)26-17-10-14(2)7-8-19(17)31-3/h5-12H,4,13H2,1-3H3,(H,24,30)(H,26,29). The van der Waals surface area contributed by atoms with Crippen LogP contribution in [0.1, 0.15) is 22.8 Å². The number of nitrogens with zero attached hydrogens (tertiary/aromatic N) is 3. The summed E-state index contributed by atoms with van der Waals surface area (Å²) in [5.41, 5.74) is 3.30. The van der Waals surface area contributed by atoms with Crippen LogP contribution in [-0.2, 0) is 11.3 Å². The quantitative estimate of drug-likeness (QED) is 0.446. The molecule has 0 atom stereocenters. The van der Waals surface area contributed by atoms with E-state index >= 15 is 0 Å². The third kappa shape index (κ3) is 4.33. The van der Waals surface area contributed by atoms with Crippen LogP contribution in [0, 0.1) is 6.92 Å². The maximum atomic E-state index is 13.0. The predicted octanol–water partition coefficient (Wildman–Crippen LogP) is 3.87. The number of carbonyl (C=O) groups is 2. The molecule has 4 aromatic rings. The van der Waals surface area contributed by atoms with Gasteiger partial charge in [0.25, 0.3) is 5.91 Å². The number of amides is 2. The Bertz CT molecular complexity index is 1280. The molecule has 9 heteroatoms. The van der Waals surface area contributed by atoms with Gasteiger partial charge in [-0.15, -0.1) is 11.3 Å². The van der Waals surface area contributed by atoms with Gasteiger partial charge in [-0.05, 0) is 49.1 Å². The van der Waals surface area contributed by atoms with Crippen LogP contribution >= 0.6 is 11.3 Å². The molecule has 32 heavy (non-hydrogen) atoms. The minimum Gasteiger partial charge on any atom is -0.495 e. The van der Waals surface area contributed by atoms with Crippen molar-refractivity contribution in [3.05, 3.63) is 59.1 Å². The van der Waals surface area contributed by atoms with Gasteiger partial charge in [0.2, 0.25) is 5.91 Å². The predicted molar refractivity (Wildman–Crippen MR) is 125 cm³/mol. The van der Waals surface area contributed by atoms with E-state index in [1.54, 1.807) is 41.5 Å². The normalized spacial score (nSPS) is 10.8. The molecular weight excluding hydrogens is 426 g/mol. The van der Waals surface area contributed by atoms with Gasteiger partial charge >= 0.3 is 0 Å². The maximum Gasteiger partial charge on any atom is 0.252 e. The van der Waals surface area contributed by atoms with Crippen molar-refractivity contribution in [2.75, 3.05) is 19.0 Å². The Balaban J connectivity index is 1.56. The first-order chi connectivity index (χ1) is 15.5. The summed E-state index contributed by atoms with van der Waals surface area (Å²) in [6.07, 6.45) is 1.64. The number of benzene rings is 1. The lowest BCUT2D eigenvalue weighted by Crippen LogP contribution is -2.33. The summed E-state index contributed by atoms with van der Waals surface area (Å²) in [4.78, 5) is 31.2. The van der Waals surface area contributed by atoms with Crippen molar-refractivity contribution < 1.29 is 14.3 Å². The number of aryl methyl sites for hydroxylation is 2. The Morgan fingerprint density at radius 1 is 1.22 bits per heavy atom. The number of aromatic nitrogens is 3. The molecule has 0 unspecified atom stereocenters. The number of ether oxygens (including phenoxy) is 1. The maximum absolute atomic E-state index is 13.0. The third-order valence-corrected chi connectivity index (χ3v) is 5.86. The molecule has 0 aliphatic carbocycles. The van der Waals surface area contributed by atoms with Crippen molar-refractivity contribution in [2.24, 2.45) is 0 Å². The molecule has 0 saturated heterocycles. The van der Waals surface area contributed by atoms with Gasteiger partial charge < -0.3 is 15.4 Å². The lowest BCUT2D eigenvalue weighted by molar-refractivity contribution is -0.115. The van der Waals surface area contributed by atoms with Crippen LogP contribution in [0.2, 0.25) is 0 Å². The first-order valence-corrected chi connectivity index (χ1v) is 11.0. The van der Waals surface area contributed by atoms with Crippen molar-refractivity contribution in [1.82, 2.24) is 20.1 Å². The van der Waals surface area contributed by atoms with Gasteiger partial charge in [-0.3, -0.25) is 9.59 Å². The molecule has 3 aromatic heterocycles. The summed E-state index contributed by atoms with van der Waals surface area (Å²) in [5, 5.41) is 12.4. The largest absolute Gasteiger partial charge is 0.495 e. The molecule has 0 fully saturated rings. The Kier molecular flexibility index (Phi) is 6.18. The number of anilines is 1. The number of methoxy groups -OCH3 is 1. The number of thiophene rings is 1. The zero-order valence-electron chi connectivity index (χ0n) is 18.0. The van der Waals surface area contributed by atoms with Gasteiger partial charge in [0.05, 0.1) is 47.1 Å². The van der Waals surface area contributed by atoms with Gasteiger partial charge in [0.15, 0.2) is 5.65 Å². The van der Waals surface area contributed by atoms with Gasteiger partial charge in [-0.2, -0.15) is 5.10 Å². The van der Waals surface area contributed by atoms with Crippen LogP contribution in [0.5, 0.6) is 5.75 Å². The fourth-order valence-electron chi connectivity index (χ4n) is 3.39. The number of fused-ring (bicyclic) bond motifs is 1. The van der Waals surface area contributed by atoms with E-state index in [0.29, 0.717) is 40.3 Å². The monoisotopic (exact) mass is 449 g/mol. The van der Waals surface area contributed by atoms with E-state index < -0.39 is 0 Å². The summed E-state index contributed by atoms with van der Waals surface area (Å²) in [6.45, 7) is 4.34. The van der Waals surface area contributed by atoms with Gasteiger partial charge in [-0.25, -0.2) is 9.67 Å². The number of hydrogen-bond donors (Lipinski definition) is 2. The number of rotatable bonds is 7. The molecule has 0 spiro atoms. The topological polar surface area (TPSA) is 98.1 Å². The zero-order chi connectivity index (χ0) is 22.7. The number of carbonyl (C=O) groups excluding carboxylic acids is 2. The van der Waals surface area contributed by atoms with Crippen LogP contribution in [0.25, 0.3) is 21.6 Å². The summed E-state index contributed by atoms with van der Waals surface area (Å²) in [6, 6.07) is 11.1. The second-order valence-corrected chi connectivity index (χ2v) is 8.11. The van der Waals surface area contributed by atoms with Gasteiger partial charge in [-0.1, -0.05) is 12.1 Å². The summed E-state index contributed by atoms with van der Waals surface area (Å²) in [5.74, 6) is -0.161. The van der Waals surface area contributed by atoms with Crippen LogP contribution in [0.3, 0.4) is 0 Å². The smallest absolute Gasteiger partial charge is 0.252 e. The molecule has 0 radical (unpaired) electrons. The molecule has 0 aliphatic rings. The minimum atomic E-state index is -0.364. The Labute approximate surface area is 189 Å². The van der Waals surface area contributed by atoms with Crippen LogP contribution in [-0.4, -0.2) is 40.2 Å². The van der Waals surface area contributed by atoms with Crippen LogP contribution < -0.4 is 15.4 Å². The van der Waals surface area contributed by atoms with E-state index in [4.69, 9.17) is 9.72 Å². The highest BCUT2D eigenvalue weighted by molar-refractivity contribution is 7.13. The molecular formula is C23H23N5O3S. The average Bonchev–Trinajstić information content (AvgIpc) is 3.47. The van der Waals surface area contributed by atoms with Crippen molar-refractivity contribution in [2.45, 2.75) is 20.4 Å². The average molecular weight is 450 g/mol. The summed E-state index contributed by atoms with van der Waals surface area (Å²) in [7, 11) is 1.54. The molecule has 4 rings (SSSR count). The van der Waals surface area contributed by atoms with E-state index in [9.17, 15) is 9.59 Å². The van der Waals surface area contributed by atoms with Gasteiger partial charge in [0, 0.05) is 6.54 Å². The third-order valence-electron chi connectivity index (χ3n) is 4.97. The zero-order valence-corrected chi connectivity index (χ0v) is 18.8. The summed E-state index contributed by atoms with van der Waals surface area (Å²) >= 11 is 1.55. The molecule has 2 amide bonds. The second-order valence-electron chi connectivity index (χ2n) is 7.16. The Morgan fingerprint density at radius 3 is 2.78 bits per heavy atom. The molecule has 0 saturated carbocycles. The van der Waals surface area contributed by atoms with E-state index in [2.05, 4.69) is 15.7 Å². The molecule has 3 heterocycles. The lowest BCUT2D eigenvalue weighted by Gasteiger charge is -2.12. The molecule has 164 valence electrons. The van der Waals surface area contributed by atoms with Gasteiger partial charge in [0.1, 0.15) is 5.75 Å². The highest BCUT2D eigenvalue weighted by Crippen LogP contribution is 2.28. The Morgan fingerprint density at radius 2 is 2.06 bits per heavy atom. The number of hydrogen-bond acceptors (Lipinski definition) is 6. The first kappa shape index (κ1) is 21.5. The van der Waals surface area contributed by atoms with Crippen molar-refractivity contribution >= 4 is 39.9 Å². The lowest BCUT2D eigenvalue weighted by atomic mass is 10.1. The van der Waals surface area contributed by atoms with E-state index in [-0.39, 0.29) is 18.4 Å². The Hall–Kier alpha value is -3.72. The SMILES string of the molecule is CCn1ncc2c(C(=O)NCC(=O)Nc3cc(C)ccc3OC)cc(-c3cccs3)nc21. The highest BCUT2D eigenvalue weighted by atomic mass is 32.1. The summed E-state index contributed by atoms with van der Waals surface area (Å²) < 4.78 is 7.04. The van der Waals surface area contributed by atoms with E-state index in [1.165, 1.54) is 0 Å². The minimum absolute atomic E-state index is 0.185. The highest BCUT2D eigenvalue weighted by Gasteiger charge is 2.18. The number of pyridine rings is 1. The molecule has 0 aliphatic heterocycles. The number of nitrogens with one attached hydrogen (secondary N) is 2. The molecule has 0 bridgehead atoms. The molecule has 2 N–H and O–H groups in total. The van der Waals surface area contributed by atoms with E-state index in [1.807, 2.05) is 43.5 Å². The fourth-order valence-corrected chi connectivity index (χ4v) is 4.07. The molecule has 1 aromatic carbocycles. The second kappa shape index (κ2) is 9.19. The van der Waals surface area contributed by atoms with Crippen LogP contribution in [0.15, 0.2) is 48.0 Å². The van der Waals surface area contributed by atoms with Crippen LogP contribution in [0.4, 0.5) is 5.69 Å².